The van der Waals surface area contributed by atoms with E-state index in [1.807, 2.05) is 12.1 Å². The van der Waals surface area contributed by atoms with Gasteiger partial charge in [-0.25, -0.2) is 0 Å². The van der Waals surface area contributed by atoms with Crippen molar-refractivity contribution < 1.29 is 28.8 Å². The lowest BCUT2D eigenvalue weighted by Crippen LogP contribution is -2.44. The Morgan fingerprint density at radius 3 is 1.39 bits per heavy atom. The fourth-order valence-corrected chi connectivity index (χ4v) is 6.31. The zero-order valence-electron chi connectivity index (χ0n) is 20.5. The van der Waals surface area contributed by atoms with Gasteiger partial charge >= 0.3 is 0 Å². The van der Waals surface area contributed by atoms with Gasteiger partial charge in [-0.1, -0.05) is 24.3 Å². The van der Waals surface area contributed by atoms with E-state index in [9.17, 15) is 28.8 Å². The highest BCUT2D eigenvalue weighted by Crippen LogP contribution is 2.40. The van der Waals surface area contributed by atoms with Crippen LogP contribution in [0, 0.1) is 23.7 Å². The standard InChI is InChI=1S/C28H26N4O6/c33-23-9-7-15(27(37)29-23)19-11-17-13(25(19)35)3-1-5-21(17)31-32-22-6-2-4-14-18(22)12-20(26(14)36)16-8-10-24(34)30-28(16)38/h1-6,15-16,19-20,31-32H,7-12H2,(H,29,33,37)(H,30,34,38). The van der Waals surface area contributed by atoms with Crippen LogP contribution in [0.3, 0.4) is 0 Å². The number of fused-ring (bicyclic) bond motifs is 2. The van der Waals surface area contributed by atoms with Gasteiger partial charge in [0.15, 0.2) is 11.6 Å². The molecule has 0 aromatic heterocycles. The highest BCUT2D eigenvalue weighted by atomic mass is 16.2. The molecule has 4 unspecified atom stereocenters. The number of anilines is 2. The Hall–Kier alpha value is -4.34. The predicted molar refractivity (Wildman–Crippen MR) is 135 cm³/mol. The highest BCUT2D eigenvalue weighted by Gasteiger charge is 2.44. The molecule has 0 spiro atoms. The zero-order valence-corrected chi connectivity index (χ0v) is 20.5. The molecule has 194 valence electrons. The van der Waals surface area contributed by atoms with Crippen LogP contribution < -0.4 is 21.5 Å². The summed E-state index contributed by atoms with van der Waals surface area (Å²) < 4.78 is 0. The van der Waals surface area contributed by atoms with Crippen molar-refractivity contribution in [3.05, 3.63) is 58.7 Å². The average Bonchev–Trinajstić information content (AvgIpc) is 3.40. The van der Waals surface area contributed by atoms with Crippen molar-refractivity contribution in [1.82, 2.24) is 10.6 Å². The molecule has 2 aromatic rings. The Bertz CT molecular complexity index is 1320. The summed E-state index contributed by atoms with van der Waals surface area (Å²) in [5.74, 6) is -3.73. The molecular formula is C28H26N4O6. The topological polar surface area (TPSA) is 151 Å². The van der Waals surface area contributed by atoms with Crippen molar-refractivity contribution in [1.29, 1.82) is 0 Å². The maximum Gasteiger partial charge on any atom is 0.230 e. The normalized spacial score (nSPS) is 26.5. The van der Waals surface area contributed by atoms with E-state index in [4.69, 9.17) is 0 Å². The van der Waals surface area contributed by atoms with Crippen LogP contribution in [0.1, 0.15) is 57.5 Å². The second-order valence-corrected chi connectivity index (χ2v) is 10.4. The minimum Gasteiger partial charge on any atom is -0.301 e. The van der Waals surface area contributed by atoms with E-state index in [-0.39, 0.29) is 36.2 Å². The number of ketones is 2. The molecule has 2 aliphatic heterocycles. The maximum absolute atomic E-state index is 13.2. The van der Waals surface area contributed by atoms with Gasteiger partial charge in [0.05, 0.1) is 11.4 Å². The maximum atomic E-state index is 13.2. The third-order valence-electron chi connectivity index (χ3n) is 8.27. The Kier molecular flexibility index (Phi) is 5.81. The van der Waals surface area contributed by atoms with Crippen LogP contribution in [0.5, 0.6) is 0 Å². The summed E-state index contributed by atoms with van der Waals surface area (Å²) in [7, 11) is 0. The molecule has 0 saturated carbocycles. The Morgan fingerprint density at radius 1 is 0.579 bits per heavy atom. The lowest BCUT2D eigenvalue weighted by atomic mass is 9.83. The number of imide groups is 2. The van der Waals surface area contributed by atoms with Gasteiger partial charge < -0.3 is 10.9 Å². The molecule has 2 aromatic carbocycles. The second kappa shape index (κ2) is 9.20. The Labute approximate surface area is 217 Å². The summed E-state index contributed by atoms with van der Waals surface area (Å²) in [5, 5.41) is 4.69. The molecule has 4 amide bonds. The van der Waals surface area contributed by atoms with Crippen LogP contribution in [-0.2, 0) is 32.0 Å². The van der Waals surface area contributed by atoms with Crippen molar-refractivity contribution in [3.63, 3.8) is 0 Å². The molecule has 10 nitrogen and oxygen atoms in total. The van der Waals surface area contributed by atoms with Gasteiger partial charge in [-0.05, 0) is 48.9 Å². The third kappa shape index (κ3) is 3.96. The molecule has 4 atom stereocenters. The lowest BCUT2D eigenvalue weighted by molar-refractivity contribution is -0.138. The number of hydrazine groups is 1. The van der Waals surface area contributed by atoms with Crippen LogP contribution >= 0.6 is 0 Å². The highest BCUT2D eigenvalue weighted by molar-refractivity contribution is 6.09. The monoisotopic (exact) mass is 514 g/mol. The lowest BCUT2D eigenvalue weighted by Gasteiger charge is -2.25. The fourth-order valence-electron chi connectivity index (χ4n) is 6.31. The van der Waals surface area contributed by atoms with E-state index in [1.165, 1.54) is 0 Å². The van der Waals surface area contributed by atoms with Gasteiger partial charge in [-0.2, -0.15) is 0 Å². The number of carbonyl (C=O) groups is 6. The van der Waals surface area contributed by atoms with Crippen LogP contribution in [0.25, 0.3) is 0 Å². The van der Waals surface area contributed by atoms with E-state index in [2.05, 4.69) is 21.5 Å². The molecule has 0 radical (unpaired) electrons. The van der Waals surface area contributed by atoms with Crippen LogP contribution in [0.4, 0.5) is 11.4 Å². The fraction of sp³-hybridized carbons (Fsp3) is 0.357. The Morgan fingerprint density at radius 2 is 1.00 bits per heavy atom. The number of Topliss-reactive ketones (excluding diaryl/α,β-unsaturated/α-hetero) is 2. The SMILES string of the molecule is O=C1CCC(C2Cc3c(NNc4cccc5c4CC(C4CCC(=O)NC4=O)C5=O)cccc3C2=O)C(=O)N1. The predicted octanol–water partition coefficient (Wildman–Crippen LogP) is 1.94. The summed E-state index contributed by atoms with van der Waals surface area (Å²) in [5.41, 5.74) is 10.4. The summed E-state index contributed by atoms with van der Waals surface area (Å²) in [6.45, 7) is 0. The van der Waals surface area contributed by atoms with Crippen molar-refractivity contribution in [2.24, 2.45) is 23.7 Å². The molecular weight excluding hydrogens is 488 g/mol. The molecule has 10 heteroatoms. The average molecular weight is 515 g/mol. The number of rotatable bonds is 5. The number of hydrogen-bond donors (Lipinski definition) is 4. The molecule has 4 N–H and O–H groups in total. The number of amides is 4. The molecule has 2 heterocycles. The van der Waals surface area contributed by atoms with Gasteiger partial charge in [0.2, 0.25) is 23.6 Å². The molecule has 4 aliphatic rings. The minimum absolute atomic E-state index is 0.101. The number of benzene rings is 2. The summed E-state index contributed by atoms with van der Waals surface area (Å²) >= 11 is 0. The number of hydrogen-bond acceptors (Lipinski definition) is 8. The molecule has 2 aliphatic carbocycles. The van der Waals surface area contributed by atoms with Crippen molar-refractivity contribution in [2.75, 3.05) is 10.9 Å². The molecule has 6 rings (SSSR count). The summed E-state index contributed by atoms with van der Waals surface area (Å²) in [6.07, 6.45) is 1.92. The van der Waals surface area contributed by atoms with E-state index in [1.54, 1.807) is 24.3 Å². The summed E-state index contributed by atoms with van der Waals surface area (Å²) in [6, 6.07) is 10.7. The minimum atomic E-state index is -0.541. The number of nitrogens with one attached hydrogen (secondary N) is 4. The first-order valence-corrected chi connectivity index (χ1v) is 12.8. The summed E-state index contributed by atoms with van der Waals surface area (Å²) in [4.78, 5) is 74.3. The molecule has 2 fully saturated rings. The largest absolute Gasteiger partial charge is 0.301 e. The number of piperidine rings is 2. The van der Waals surface area contributed by atoms with Gasteiger partial charge in [0.25, 0.3) is 0 Å². The zero-order chi connectivity index (χ0) is 26.6. The van der Waals surface area contributed by atoms with Gasteiger partial charge in [0.1, 0.15) is 0 Å². The van der Waals surface area contributed by atoms with Gasteiger partial charge in [-0.15, -0.1) is 0 Å². The first kappa shape index (κ1) is 24.0. The van der Waals surface area contributed by atoms with E-state index in [0.29, 0.717) is 48.2 Å². The first-order valence-electron chi connectivity index (χ1n) is 12.8. The van der Waals surface area contributed by atoms with Crippen molar-refractivity contribution >= 4 is 46.6 Å². The quantitative estimate of drug-likeness (QED) is 0.349. The van der Waals surface area contributed by atoms with Crippen molar-refractivity contribution in [3.8, 4) is 0 Å². The van der Waals surface area contributed by atoms with Crippen LogP contribution in [-0.4, -0.2) is 35.2 Å². The van der Waals surface area contributed by atoms with Crippen LogP contribution in [0.15, 0.2) is 36.4 Å². The van der Waals surface area contributed by atoms with Crippen molar-refractivity contribution in [2.45, 2.75) is 38.5 Å². The Balaban J connectivity index is 1.20. The van der Waals surface area contributed by atoms with Gasteiger partial charge in [-0.3, -0.25) is 39.4 Å². The molecule has 38 heavy (non-hydrogen) atoms. The van der Waals surface area contributed by atoms with Crippen LogP contribution in [0.2, 0.25) is 0 Å². The molecule has 0 bridgehead atoms. The smallest absolute Gasteiger partial charge is 0.230 e. The molecule has 2 saturated heterocycles. The van der Waals surface area contributed by atoms with E-state index in [0.717, 1.165) is 11.1 Å². The number of carbonyl (C=O) groups excluding carboxylic acids is 6. The van der Waals surface area contributed by atoms with Gasteiger partial charge in [0, 0.05) is 47.6 Å². The third-order valence-corrected chi connectivity index (χ3v) is 8.27. The second-order valence-electron chi connectivity index (χ2n) is 10.4. The first-order chi connectivity index (χ1) is 18.3. The van der Waals surface area contributed by atoms with E-state index < -0.39 is 35.5 Å². The van der Waals surface area contributed by atoms with E-state index >= 15 is 0 Å².